The molecule has 0 saturated heterocycles. The van der Waals surface area contributed by atoms with Crippen LogP contribution in [-0.2, 0) is 11.2 Å². The zero-order chi connectivity index (χ0) is 13.1. The molecule has 0 aliphatic heterocycles. The second kappa shape index (κ2) is 5.32. The maximum atomic E-state index is 11.3. The van der Waals surface area contributed by atoms with Crippen molar-refractivity contribution in [3.05, 3.63) is 35.9 Å². The van der Waals surface area contributed by atoms with Gasteiger partial charge in [-0.2, -0.15) is 0 Å². The summed E-state index contributed by atoms with van der Waals surface area (Å²) in [5.74, 6) is -1.36. The molecule has 0 radical (unpaired) electrons. The van der Waals surface area contributed by atoms with Crippen LogP contribution in [0.3, 0.4) is 0 Å². The zero-order valence-electron chi connectivity index (χ0n) is 10.7. The molecule has 1 aromatic carbocycles. The van der Waals surface area contributed by atoms with E-state index < -0.39 is 11.9 Å². The summed E-state index contributed by atoms with van der Waals surface area (Å²) in [4.78, 5) is 11.3. The standard InChI is InChI=1S/C14H21NO2/c1-14(2,3)12(13(16)17)11(15)9-10-7-5-4-6-8-10/h4-8,11-12H,9,15H2,1-3H3,(H,16,17)/t11-,12?/m0/s1. The largest absolute Gasteiger partial charge is 0.481 e. The minimum atomic E-state index is -0.819. The van der Waals surface area contributed by atoms with E-state index in [9.17, 15) is 9.90 Å². The van der Waals surface area contributed by atoms with Gasteiger partial charge in [-0.05, 0) is 17.4 Å². The summed E-state index contributed by atoms with van der Waals surface area (Å²) >= 11 is 0. The molecule has 0 fully saturated rings. The number of hydrogen-bond acceptors (Lipinski definition) is 2. The van der Waals surface area contributed by atoms with Gasteiger partial charge in [-0.1, -0.05) is 51.1 Å². The Kier molecular flexibility index (Phi) is 4.29. The second-order valence-corrected chi connectivity index (χ2v) is 5.54. The van der Waals surface area contributed by atoms with Crippen molar-refractivity contribution in [2.45, 2.75) is 33.2 Å². The van der Waals surface area contributed by atoms with Crippen LogP contribution >= 0.6 is 0 Å². The van der Waals surface area contributed by atoms with Gasteiger partial charge in [-0.25, -0.2) is 0 Å². The number of rotatable bonds is 4. The van der Waals surface area contributed by atoms with E-state index >= 15 is 0 Å². The van der Waals surface area contributed by atoms with Crippen LogP contribution in [0.1, 0.15) is 26.3 Å². The zero-order valence-corrected chi connectivity index (χ0v) is 10.7. The maximum absolute atomic E-state index is 11.3. The molecule has 3 nitrogen and oxygen atoms in total. The molecule has 17 heavy (non-hydrogen) atoms. The van der Waals surface area contributed by atoms with E-state index in [2.05, 4.69) is 0 Å². The molecule has 0 aliphatic rings. The number of hydrogen-bond donors (Lipinski definition) is 2. The van der Waals surface area contributed by atoms with Crippen LogP contribution in [0.5, 0.6) is 0 Å². The van der Waals surface area contributed by atoms with E-state index in [0.29, 0.717) is 6.42 Å². The van der Waals surface area contributed by atoms with Gasteiger partial charge in [0, 0.05) is 6.04 Å². The van der Waals surface area contributed by atoms with Crippen LogP contribution in [0.15, 0.2) is 30.3 Å². The predicted molar refractivity (Wildman–Crippen MR) is 68.7 cm³/mol. The molecule has 1 unspecified atom stereocenters. The first-order valence-corrected chi connectivity index (χ1v) is 5.84. The summed E-state index contributed by atoms with van der Waals surface area (Å²) in [6, 6.07) is 9.40. The van der Waals surface area contributed by atoms with Crippen molar-refractivity contribution in [2.75, 3.05) is 0 Å². The normalized spacial score (nSPS) is 15.3. The van der Waals surface area contributed by atoms with Gasteiger partial charge in [0.1, 0.15) is 0 Å². The monoisotopic (exact) mass is 235 g/mol. The SMILES string of the molecule is CC(C)(C)C(C(=O)O)[C@@H](N)Cc1ccccc1. The molecule has 0 amide bonds. The number of carboxylic acid groups (broad SMARTS) is 1. The van der Waals surface area contributed by atoms with Crippen LogP contribution in [0, 0.1) is 11.3 Å². The number of aliphatic carboxylic acids is 1. The van der Waals surface area contributed by atoms with Crippen LogP contribution in [0.4, 0.5) is 0 Å². The lowest BCUT2D eigenvalue weighted by molar-refractivity contribution is -0.146. The van der Waals surface area contributed by atoms with Crippen molar-refractivity contribution < 1.29 is 9.90 Å². The molecule has 0 aliphatic carbocycles. The third-order valence-corrected chi connectivity index (χ3v) is 2.94. The van der Waals surface area contributed by atoms with Crippen molar-refractivity contribution in [1.82, 2.24) is 0 Å². The molecule has 0 aromatic heterocycles. The van der Waals surface area contributed by atoms with Gasteiger partial charge in [-0.15, -0.1) is 0 Å². The fraction of sp³-hybridized carbons (Fsp3) is 0.500. The van der Waals surface area contributed by atoms with Crippen molar-refractivity contribution in [2.24, 2.45) is 17.1 Å². The van der Waals surface area contributed by atoms with Crippen molar-refractivity contribution in [1.29, 1.82) is 0 Å². The summed E-state index contributed by atoms with van der Waals surface area (Å²) in [7, 11) is 0. The van der Waals surface area contributed by atoms with Crippen LogP contribution in [0.2, 0.25) is 0 Å². The van der Waals surface area contributed by atoms with E-state index in [0.717, 1.165) is 5.56 Å². The number of benzene rings is 1. The Labute approximate surface area is 103 Å². The van der Waals surface area contributed by atoms with Crippen molar-refractivity contribution in [3.63, 3.8) is 0 Å². The fourth-order valence-corrected chi connectivity index (χ4v) is 2.20. The van der Waals surface area contributed by atoms with Gasteiger partial charge in [0.25, 0.3) is 0 Å². The summed E-state index contributed by atoms with van der Waals surface area (Å²) in [5.41, 5.74) is 6.80. The minimum Gasteiger partial charge on any atom is -0.481 e. The minimum absolute atomic E-state index is 0.333. The highest BCUT2D eigenvalue weighted by Gasteiger charge is 2.36. The van der Waals surface area contributed by atoms with E-state index in [1.165, 1.54) is 0 Å². The van der Waals surface area contributed by atoms with Gasteiger partial charge in [0.2, 0.25) is 0 Å². The summed E-state index contributed by atoms with van der Waals surface area (Å²) in [6.07, 6.45) is 0.592. The van der Waals surface area contributed by atoms with E-state index in [1.54, 1.807) is 0 Å². The Morgan fingerprint density at radius 3 is 2.24 bits per heavy atom. The Hall–Kier alpha value is -1.35. The lowest BCUT2D eigenvalue weighted by atomic mass is 9.75. The number of nitrogens with two attached hydrogens (primary N) is 1. The molecular weight excluding hydrogens is 214 g/mol. The van der Waals surface area contributed by atoms with Gasteiger partial charge < -0.3 is 10.8 Å². The topological polar surface area (TPSA) is 63.3 Å². The molecule has 1 rings (SSSR count). The van der Waals surface area contributed by atoms with Crippen LogP contribution in [0.25, 0.3) is 0 Å². The first kappa shape index (κ1) is 13.7. The molecule has 1 aromatic rings. The maximum Gasteiger partial charge on any atom is 0.308 e. The predicted octanol–water partition coefficient (Wildman–Crippen LogP) is 2.30. The molecule has 3 N–H and O–H groups in total. The summed E-state index contributed by atoms with van der Waals surface area (Å²) < 4.78 is 0. The molecule has 0 spiro atoms. The molecule has 3 heteroatoms. The second-order valence-electron chi connectivity index (χ2n) is 5.54. The van der Waals surface area contributed by atoms with Crippen LogP contribution < -0.4 is 5.73 Å². The Morgan fingerprint density at radius 1 is 1.29 bits per heavy atom. The molecule has 94 valence electrons. The highest BCUT2D eigenvalue weighted by molar-refractivity contribution is 5.71. The lowest BCUT2D eigenvalue weighted by Crippen LogP contribution is -2.44. The van der Waals surface area contributed by atoms with Gasteiger partial charge >= 0.3 is 5.97 Å². The molecular formula is C14H21NO2. The fourth-order valence-electron chi connectivity index (χ4n) is 2.20. The van der Waals surface area contributed by atoms with Gasteiger partial charge in [-0.3, -0.25) is 4.79 Å². The smallest absolute Gasteiger partial charge is 0.308 e. The van der Waals surface area contributed by atoms with Crippen molar-refractivity contribution >= 4 is 5.97 Å². The molecule has 0 saturated carbocycles. The first-order chi connectivity index (χ1) is 7.82. The van der Waals surface area contributed by atoms with E-state index in [1.807, 2.05) is 51.1 Å². The van der Waals surface area contributed by atoms with Gasteiger partial charge in [0.05, 0.1) is 5.92 Å². The van der Waals surface area contributed by atoms with Crippen molar-refractivity contribution in [3.8, 4) is 0 Å². The highest BCUT2D eigenvalue weighted by atomic mass is 16.4. The summed E-state index contributed by atoms with van der Waals surface area (Å²) in [6.45, 7) is 5.74. The molecule has 0 bridgehead atoms. The third-order valence-electron chi connectivity index (χ3n) is 2.94. The Bertz CT molecular complexity index is 368. The Balaban J connectivity index is 2.80. The molecule has 2 atom stereocenters. The Morgan fingerprint density at radius 2 is 1.82 bits per heavy atom. The van der Waals surface area contributed by atoms with E-state index in [4.69, 9.17) is 5.73 Å². The number of carboxylic acids is 1. The average molecular weight is 235 g/mol. The quantitative estimate of drug-likeness (QED) is 0.841. The third kappa shape index (κ3) is 3.86. The lowest BCUT2D eigenvalue weighted by Gasteiger charge is -2.31. The number of carbonyl (C=O) groups is 1. The van der Waals surface area contributed by atoms with Gasteiger partial charge in [0.15, 0.2) is 0 Å². The average Bonchev–Trinajstić information content (AvgIpc) is 2.15. The molecule has 0 heterocycles. The summed E-state index contributed by atoms with van der Waals surface area (Å²) in [5, 5.41) is 9.28. The highest BCUT2D eigenvalue weighted by Crippen LogP contribution is 2.29. The van der Waals surface area contributed by atoms with Crippen LogP contribution in [-0.4, -0.2) is 17.1 Å². The van der Waals surface area contributed by atoms with E-state index in [-0.39, 0.29) is 11.5 Å². The first-order valence-electron chi connectivity index (χ1n) is 5.84.